The van der Waals surface area contributed by atoms with Crippen molar-refractivity contribution in [1.82, 2.24) is 15.0 Å². The standard InChI is InChI=1S/C47H27N3O2/c1-2-11-29(12-3-1)45-48-46(50-47(49-45)37-19-8-13-28-24-26-41-44(42(28)37)36-16-5-7-21-39(36)52-41)31-23-25-32-30(27-31)14-9-17-33(32)34-18-10-22-40-43(34)35-15-4-6-20-38(35)51-40/h1-27H. The van der Waals surface area contributed by atoms with Crippen molar-refractivity contribution in [1.29, 1.82) is 0 Å². The maximum Gasteiger partial charge on any atom is 0.164 e. The average Bonchev–Trinajstić information content (AvgIpc) is 3.79. The van der Waals surface area contributed by atoms with E-state index in [1.54, 1.807) is 0 Å². The number of nitrogens with zero attached hydrogens (tertiary/aromatic N) is 3. The number of hydrogen-bond acceptors (Lipinski definition) is 5. The third-order valence-corrected chi connectivity index (χ3v) is 10.1. The summed E-state index contributed by atoms with van der Waals surface area (Å²) in [5.74, 6) is 1.84. The Morgan fingerprint density at radius 1 is 0.308 bits per heavy atom. The van der Waals surface area contributed by atoms with E-state index in [9.17, 15) is 0 Å². The fourth-order valence-electron chi connectivity index (χ4n) is 7.78. The number of para-hydroxylation sites is 2. The van der Waals surface area contributed by atoms with Gasteiger partial charge in [0.15, 0.2) is 17.5 Å². The number of benzene rings is 8. The van der Waals surface area contributed by atoms with E-state index in [4.69, 9.17) is 23.8 Å². The van der Waals surface area contributed by atoms with Crippen LogP contribution in [-0.2, 0) is 0 Å². The summed E-state index contributed by atoms with van der Waals surface area (Å²) in [5.41, 5.74) is 8.52. The van der Waals surface area contributed by atoms with Gasteiger partial charge in [-0.3, -0.25) is 0 Å². The number of fused-ring (bicyclic) bond motifs is 9. The molecular weight excluding hydrogens is 639 g/mol. The quantitative estimate of drug-likeness (QED) is 0.187. The van der Waals surface area contributed by atoms with E-state index in [1.165, 1.54) is 0 Å². The van der Waals surface area contributed by atoms with Crippen molar-refractivity contribution in [3.8, 4) is 45.3 Å². The lowest BCUT2D eigenvalue weighted by molar-refractivity contribution is 0.668. The van der Waals surface area contributed by atoms with Crippen LogP contribution in [0.3, 0.4) is 0 Å². The van der Waals surface area contributed by atoms with Crippen LogP contribution >= 0.6 is 0 Å². The summed E-state index contributed by atoms with van der Waals surface area (Å²) in [4.78, 5) is 15.4. The van der Waals surface area contributed by atoms with E-state index >= 15 is 0 Å². The molecule has 0 atom stereocenters. The molecule has 0 radical (unpaired) electrons. The Labute approximate surface area is 297 Å². The van der Waals surface area contributed by atoms with Crippen molar-refractivity contribution in [3.05, 3.63) is 164 Å². The number of rotatable bonds is 4. The lowest BCUT2D eigenvalue weighted by Crippen LogP contribution is -2.00. The highest BCUT2D eigenvalue weighted by Gasteiger charge is 2.19. The molecule has 0 spiro atoms. The molecule has 0 saturated heterocycles. The molecule has 0 fully saturated rings. The average molecular weight is 666 g/mol. The first-order valence-corrected chi connectivity index (χ1v) is 17.4. The first-order chi connectivity index (χ1) is 25.8. The van der Waals surface area contributed by atoms with Crippen molar-refractivity contribution < 1.29 is 8.83 Å². The van der Waals surface area contributed by atoms with Gasteiger partial charge in [-0.25, -0.2) is 15.0 Å². The lowest BCUT2D eigenvalue weighted by atomic mass is 9.94. The zero-order valence-electron chi connectivity index (χ0n) is 27.7. The van der Waals surface area contributed by atoms with Gasteiger partial charge in [-0.2, -0.15) is 0 Å². The summed E-state index contributed by atoms with van der Waals surface area (Å²) in [6, 6.07) is 56.2. The molecule has 11 aromatic rings. The molecule has 0 unspecified atom stereocenters. The predicted molar refractivity (Wildman–Crippen MR) is 211 cm³/mol. The van der Waals surface area contributed by atoms with Crippen molar-refractivity contribution >= 4 is 65.4 Å². The maximum absolute atomic E-state index is 6.30. The minimum atomic E-state index is 0.611. The highest BCUT2D eigenvalue weighted by molar-refractivity contribution is 6.22. The molecule has 0 N–H and O–H groups in total. The van der Waals surface area contributed by atoms with Crippen molar-refractivity contribution in [3.63, 3.8) is 0 Å². The van der Waals surface area contributed by atoms with Gasteiger partial charge in [-0.15, -0.1) is 0 Å². The van der Waals surface area contributed by atoms with Gasteiger partial charge in [-0.05, 0) is 57.6 Å². The summed E-state index contributed by atoms with van der Waals surface area (Å²) in [6.07, 6.45) is 0. The van der Waals surface area contributed by atoms with Crippen LogP contribution in [0, 0.1) is 0 Å². The molecule has 0 aliphatic rings. The molecule has 52 heavy (non-hydrogen) atoms. The van der Waals surface area contributed by atoms with Crippen LogP contribution < -0.4 is 0 Å². The Kier molecular flexibility index (Phi) is 6.18. The van der Waals surface area contributed by atoms with Crippen LogP contribution in [0.15, 0.2) is 173 Å². The molecule has 0 bridgehead atoms. The van der Waals surface area contributed by atoms with Crippen molar-refractivity contribution in [2.24, 2.45) is 0 Å². The Hall–Kier alpha value is -7.11. The zero-order valence-corrected chi connectivity index (χ0v) is 27.7. The van der Waals surface area contributed by atoms with Gasteiger partial charge < -0.3 is 8.83 Å². The van der Waals surface area contributed by atoms with Crippen LogP contribution in [0.4, 0.5) is 0 Å². The molecule has 3 heterocycles. The Morgan fingerprint density at radius 2 is 0.904 bits per heavy atom. The fraction of sp³-hybridized carbons (Fsp3) is 0. The minimum absolute atomic E-state index is 0.611. The van der Waals surface area contributed by atoms with Gasteiger partial charge in [0.2, 0.25) is 0 Å². The molecule has 242 valence electrons. The fourth-order valence-corrected chi connectivity index (χ4v) is 7.78. The van der Waals surface area contributed by atoms with E-state index in [2.05, 4.69) is 103 Å². The number of hydrogen-bond donors (Lipinski definition) is 0. The van der Waals surface area contributed by atoms with E-state index in [0.29, 0.717) is 17.5 Å². The molecule has 0 aliphatic carbocycles. The third kappa shape index (κ3) is 4.39. The van der Waals surface area contributed by atoms with Gasteiger partial charge in [-0.1, -0.05) is 133 Å². The van der Waals surface area contributed by atoms with Crippen LogP contribution in [0.2, 0.25) is 0 Å². The Balaban J connectivity index is 1.13. The van der Waals surface area contributed by atoms with Gasteiger partial charge in [0, 0.05) is 43.6 Å². The molecule has 11 rings (SSSR count). The van der Waals surface area contributed by atoms with E-state index in [0.717, 1.165) is 93.2 Å². The van der Waals surface area contributed by atoms with Gasteiger partial charge in [0.05, 0.1) is 0 Å². The van der Waals surface area contributed by atoms with E-state index < -0.39 is 0 Å². The molecule has 5 nitrogen and oxygen atoms in total. The van der Waals surface area contributed by atoms with Gasteiger partial charge in [0.25, 0.3) is 0 Å². The molecule has 5 heteroatoms. The SMILES string of the molecule is c1ccc(-c2nc(-c3ccc4c(-c5cccc6oc7ccccc7c56)cccc4c3)nc(-c3cccc4ccc5oc6ccccc6c5c34)n2)cc1. The van der Waals surface area contributed by atoms with Crippen LogP contribution in [0.1, 0.15) is 0 Å². The summed E-state index contributed by atoms with van der Waals surface area (Å²) in [5, 5.41) is 8.76. The predicted octanol–water partition coefficient (Wildman–Crippen LogP) is 12.6. The van der Waals surface area contributed by atoms with E-state index in [1.807, 2.05) is 60.7 Å². The zero-order chi connectivity index (χ0) is 34.2. The molecule has 3 aromatic heterocycles. The smallest absolute Gasteiger partial charge is 0.164 e. The van der Waals surface area contributed by atoms with Crippen LogP contribution in [0.5, 0.6) is 0 Å². The minimum Gasteiger partial charge on any atom is -0.456 e. The number of aromatic nitrogens is 3. The molecule has 0 amide bonds. The largest absolute Gasteiger partial charge is 0.456 e. The highest BCUT2D eigenvalue weighted by atomic mass is 16.3. The van der Waals surface area contributed by atoms with Gasteiger partial charge >= 0.3 is 0 Å². The maximum atomic E-state index is 6.30. The summed E-state index contributed by atoms with van der Waals surface area (Å²) in [6.45, 7) is 0. The summed E-state index contributed by atoms with van der Waals surface area (Å²) >= 11 is 0. The molecule has 8 aromatic carbocycles. The highest BCUT2D eigenvalue weighted by Crippen LogP contribution is 2.41. The van der Waals surface area contributed by atoms with Crippen LogP contribution in [-0.4, -0.2) is 15.0 Å². The second kappa shape index (κ2) is 11.2. The summed E-state index contributed by atoms with van der Waals surface area (Å²) in [7, 11) is 0. The topological polar surface area (TPSA) is 65.0 Å². The van der Waals surface area contributed by atoms with Crippen molar-refractivity contribution in [2.45, 2.75) is 0 Å². The van der Waals surface area contributed by atoms with E-state index in [-0.39, 0.29) is 0 Å². The second-order valence-corrected chi connectivity index (χ2v) is 13.1. The first kappa shape index (κ1) is 28.7. The Bertz CT molecular complexity index is 3190. The summed E-state index contributed by atoms with van der Waals surface area (Å²) < 4.78 is 12.5. The Morgan fingerprint density at radius 3 is 1.71 bits per heavy atom. The molecule has 0 aliphatic heterocycles. The third-order valence-electron chi connectivity index (χ3n) is 10.1. The van der Waals surface area contributed by atoms with Crippen LogP contribution in [0.25, 0.3) is 111 Å². The first-order valence-electron chi connectivity index (χ1n) is 17.4. The number of furan rings is 2. The molecular formula is C47H27N3O2. The van der Waals surface area contributed by atoms with Gasteiger partial charge in [0.1, 0.15) is 22.3 Å². The molecule has 0 saturated carbocycles. The second-order valence-electron chi connectivity index (χ2n) is 13.1. The monoisotopic (exact) mass is 665 g/mol. The lowest BCUT2D eigenvalue weighted by Gasteiger charge is -2.12. The normalized spacial score (nSPS) is 11.8. The van der Waals surface area contributed by atoms with Crippen molar-refractivity contribution in [2.75, 3.05) is 0 Å².